The van der Waals surface area contributed by atoms with Gasteiger partial charge in [0.25, 0.3) is 5.56 Å². The number of fused-ring (bicyclic) bond motifs is 1. The summed E-state index contributed by atoms with van der Waals surface area (Å²) in [6.07, 6.45) is -0.297. The van der Waals surface area contributed by atoms with E-state index in [4.69, 9.17) is 0 Å². The highest BCUT2D eigenvalue weighted by molar-refractivity contribution is 5.86. The molecule has 0 bridgehead atoms. The Morgan fingerprint density at radius 1 is 1.38 bits per heavy atom. The maximum atomic E-state index is 11.7. The summed E-state index contributed by atoms with van der Waals surface area (Å²) in [5, 5.41) is 15.5. The van der Waals surface area contributed by atoms with Gasteiger partial charge in [-0.3, -0.25) is 4.79 Å². The first-order valence-corrected chi connectivity index (χ1v) is 4.74. The highest BCUT2D eigenvalue weighted by Crippen LogP contribution is 2.12. The van der Waals surface area contributed by atoms with Crippen molar-refractivity contribution in [2.45, 2.75) is 6.42 Å². The van der Waals surface area contributed by atoms with Gasteiger partial charge in [-0.05, 0) is 6.07 Å². The zero-order valence-electron chi connectivity index (χ0n) is 8.64. The van der Waals surface area contributed by atoms with Crippen molar-refractivity contribution in [2.75, 3.05) is 0 Å². The van der Waals surface area contributed by atoms with Gasteiger partial charge in [-0.2, -0.15) is 5.10 Å². The molecule has 5 nitrogen and oxygen atoms in total. The number of hydrogen-bond donors (Lipinski definition) is 0. The molecule has 1 aromatic heterocycles. The van der Waals surface area contributed by atoms with Crippen molar-refractivity contribution < 1.29 is 9.90 Å². The van der Waals surface area contributed by atoms with Crippen LogP contribution in [0.25, 0.3) is 10.8 Å². The third-order valence-corrected chi connectivity index (χ3v) is 2.34. The smallest absolute Gasteiger partial charge is 0.274 e. The van der Waals surface area contributed by atoms with Crippen molar-refractivity contribution in [1.29, 1.82) is 0 Å². The van der Waals surface area contributed by atoms with Crippen LogP contribution in [0, 0.1) is 0 Å². The summed E-state index contributed by atoms with van der Waals surface area (Å²) in [6.45, 7) is 0. The fourth-order valence-electron chi connectivity index (χ4n) is 1.64. The van der Waals surface area contributed by atoms with Gasteiger partial charge in [0.2, 0.25) is 0 Å². The number of carboxylic acids is 1. The van der Waals surface area contributed by atoms with E-state index in [1.54, 1.807) is 24.3 Å². The fourth-order valence-corrected chi connectivity index (χ4v) is 1.64. The Kier molecular flexibility index (Phi) is 2.44. The van der Waals surface area contributed by atoms with E-state index in [0.717, 1.165) is 4.68 Å². The van der Waals surface area contributed by atoms with Crippen molar-refractivity contribution in [3.63, 3.8) is 0 Å². The molecular weight excluding hydrogens is 208 g/mol. The van der Waals surface area contributed by atoms with Crippen molar-refractivity contribution in [3.8, 4) is 0 Å². The second-order valence-electron chi connectivity index (χ2n) is 3.47. The molecule has 0 atom stereocenters. The molecule has 0 N–H and O–H groups in total. The first kappa shape index (κ1) is 10.4. The van der Waals surface area contributed by atoms with Gasteiger partial charge in [0.15, 0.2) is 0 Å². The first-order chi connectivity index (χ1) is 7.59. The van der Waals surface area contributed by atoms with Crippen LogP contribution in [0.15, 0.2) is 29.1 Å². The summed E-state index contributed by atoms with van der Waals surface area (Å²) in [5.41, 5.74) is 0.107. The Morgan fingerprint density at radius 3 is 2.62 bits per heavy atom. The third-order valence-electron chi connectivity index (χ3n) is 2.34. The molecule has 0 saturated heterocycles. The van der Waals surface area contributed by atoms with Gasteiger partial charge in [-0.1, -0.05) is 18.2 Å². The maximum Gasteiger partial charge on any atom is 0.274 e. The summed E-state index contributed by atoms with van der Waals surface area (Å²) in [4.78, 5) is 22.3. The van der Waals surface area contributed by atoms with Crippen LogP contribution in [-0.2, 0) is 18.3 Å². The number of aryl methyl sites for hydroxylation is 1. The molecule has 0 saturated carbocycles. The Hall–Kier alpha value is -2.17. The summed E-state index contributed by atoms with van der Waals surface area (Å²) in [5.74, 6) is -1.21. The maximum absolute atomic E-state index is 11.7. The van der Waals surface area contributed by atoms with Crippen LogP contribution in [0.1, 0.15) is 5.69 Å². The lowest BCUT2D eigenvalue weighted by Crippen LogP contribution is -2.28. The molecule has 16 heavy (non-hydrogen) atoms. The lowest BCUT2D eigenvalue weighted by Gasteiger charge is -2.08. The van der Waals surface area contributed by atoms with Crippen LogP contribution in [0.5, 0.6) is 0 Å². The molecule has 1 aromatic carbocycles. The van der Waals surface area contributed by atoms with Crippen molar-refractivity contribution in [2.24, 2.45) is 7.05 Å². The normalized spacial score (nSPS) is 10.6. The molecule has 0 aliphatic carbocycles. The van der Waals surface area contributed by atoms with E-state index < -0.39 is 5.97 Å². The van der Waals surface area contributed by atoms with Gasteiger partial charge in [0.05, 0.1) is 11.1 Å². The van der Waals surface area contributed by atoms with E-state index in [1.807, 2.05) is 0 Å². The van der Waals surface area contributed by atoms with Gasteiger partial charge in [0, 0.05) is 24.8 Å². The SMILES string of the molecule is Cn1nc(CC(=O)[O-])c2ccccc2c1=O. The topological polar surface area (TPSA) is 75.0 Å². The quantitative estimate of drug-likeness (QED) is 0.661. The number of benzene rings is 1. The number of aliphatic carboxylic acids is 1. The van der Waals surface area contributed by atoms with Crippen LogP contribution in [0.4, 0.5) is 0 Å². The predicted octanol–water partition coefficient (Wildman–Crippen LogP) is -0.774. The summed E-state index contributed by atoms with van der Waals surface area (Å²) >= 11 is 0. The van der Waals surface area contributed by atoms with E-state index in [1.165, 1.54) is 7.05 Å². The minimum Gasteiger partial charge on any atom is -0.550 e. The average molecular weight is 217 g/mol. The number of nitrogens with zero attached hydrogens (tertiary/aromatic N) is 2. The highest BCUT2D eigenvalue weighted by atomic mass is 16.4. The fraction of sp³-hybridized carbons (Fsp3) is 0.182. The Labute approximate surface area is 90.9 Å². The molecule has 0 aliphatic rings. The van der Waals surface area contributed by atoms with Gasteiger partial charge in [-0.15, -0.1) is 0 Å². The van der Waals surface area contributed by atoms with Crippen LogP contribution in [0.3, 0.4) is 0 Å². The zero-order valence-corrected chi connectivity index (χ0v) is 8.64. The molecule has 5 heteroatoms. The van der Waals surface area contributed by atoms with E-state index in [9.17, 15) is 14.7 Å². The lowest BCUT2D eigenvalue weighted by molar-refractivity contribution is -0.304. The number of carbonyl (C=O) groups excluding carboxylic acids is 1. The molecule has 2 rings (SSSR count). The van der Waals surface area contributed by atoms with E-state index in [0.29, 0.717) is 16.5 Å². The van der Waals surface area contributed by atoms with Gasteiger partial charge >= 0.3 is 0 Å². The van der Waals surface area contributed by atoms with Gasteiger partial charge < -0.3 is 9.90 Å². The number of carbonyl (C=O) groups is 1. The van der Waals surface area contributed by atoms with E-state index >= 15 is 0 Å². The van der Waals surface area contributed by atoms with Crippen LogP contribution < -0.4 is 10.7 Å². The molecule has 0 aliphatic heterocycles. The molecule has 2 aromatic rings. The van der Waals surface area contributed by atoms with Crippen LogP contribution in [-0.4, -0.2) is 15.7 Å². The van der Waals surface area contributed by atoms with Crippen molar-refractivity contribution in [1.82, 2.24) is 9.78 Å². The molecule has 0 amide bonds. The molecule has 0 unspecified atom stereocenters. The predicted molar refractivity (Wildman–Crippen MR) is 55.7 cm³/mol. The van der Waals surface area contributed by atoms with Crippen molar-refractivity contribution in [3.05, 3.63) is 40.3 Å². The number of rotatable bonds is 2. The molecule has 82 valence electrons. The zero-order chi connectivity index (χ0) is 11.7. The Bertz CT molecular complexity index is 616. The van der Waals surface area contributed by atoms with Crippen LogP contribution >= 0.6 is 0 Å². The Balaban J connectivity index is 2.79. The minimum absolute atomic E-state index is 0.238. The molecule has 1 heterocycles. The number of aromatic nitrogens is 2. The summed E-state index contributed by atoms with van der Waals surface area (Å²) in [6, 6.07) is 6.80. The Morgan fingerprint density at radius 2 is 2.00 bits per heavy atom. The standard InChI is InChI=1S/C11H10N2O3/c1-13-11(16)8-5-3-2-4-7(8)9(12-13)6-10(14)15/h2-5H,6H2,1H3,(H,14,15)/p-1. The largest absolute Gasteiger partial charge is 0.550 e. The second-order valence-corrected chi connectivity index (χ2v) is 3.47. The summed E-state index contributed by atoms with van der Waals surface area (Å²) in [7, 11) is 1.49. The number of carboxylic acid groups (broad SMARTS) is 1. The average Bonchev–Trinajstić information content (AvgIpc) is 2.25. The lowest BCUT2D eigenvalue weighted by atomic mass is 10.1. The first-order valence-electron chi connectivity index (χ1n) is 4.74. The molecular formula is C11H9N2O3-. The summed E-state index contributed by atoms with van der Waals surface area (Å²) < 4.78 is 1.14. The second kappa shape index (κ2) is 3.77. The molecule has 0 radical (unpaired) electrons. The molecule has 0 spiro atoms. The van der Waals surface area contributed by atoms with Crippen molar-refractivity contribution >= 4 is 16.7 Å². The third kappa shape index (κ3) is 1.67. The van der Waals surface area contributed by atoms with Gasteiger partial charge in [-0.25, -0.2) is 4.68 Å². The highest BCUT2D eigenvalue weighted by Gasteiger charge is 2.07. The van der Waals surface area contributed by atoms with Crippen LogP contribution in [0.2, 0.25) is 0 Å². The van der Waals surface area contributed by atoms with Gasteiger partial charge in [0.1, 0.15) is 0 Å². The number of hydrogen-bond acceptors (Lipinski definition) is 4. The molecule has 0 fully saturated rings. The monoisotopic (exact) mass is 217 g/mol. The minimum atomic E-state index is -1.21. The van der Waals surface area contributed by atoms with E-state index in [2.05, 4.69) is 5.10 Å². The van der Waals surface area contributed by atoms with E-state index in [-0.39, 0.29) is 12.0 Å².